The average Bonchev–Trinajstić information content (AvgIpc) is 2.46. The Kier molecular flexibility index (Phi) is 5.17. The number of Topliss-reactive ketones (excluding diaryl/α,β-unsaturated/α-hetero) is 1. The third-order valence-corrected chi connectivity index (χ3v) is 3.72. The van der Waals surface area contributed by atoms with Crippen LogP contribution in [0.1, 0.15) is 23.2 Å². The van der Waals surface area contributed by atoms with Gasteiger partial charge in [0.2, 0.25) is 0 Å². The van der Waals surface area contributed by atoms with E-state index in [0.29, 0.717) is 12.3 Å². The van der Waals surface area contributed by atoms with Gasteiger partial charge in [-0.1, -0.05) is 52.3 Å². The molecule has 3 heteroatoms. The van der Waals surface area contributed by atoms with E-state index in [9.17, 15) is 4.79 Å². The third kappa shape index (κ3) is 3.92. The van der Waals surface area contributed by atoms with Crippen LogP contribution in [0, 0.1) is 0 Å². The van der Waals surface area contributed by atoms with E-state index in [-0.39, 0.29) is 5.78 Å². The molecular formula is C16H14BrClO. The highest BCUT2D eigenvalue weighted by atomic mass is 79.9. The molecular weight excluding hydrogens is 324 g/mol. The van der Waals surface area contributed by atoms with Gasteiger partial charge in [-0.05, 0) is 29.7 Å². The van der Waals surface area contributed by atoms with Crippen molar-refractivity contribution in [2.24, 2.45) is 0 Å². The summed E-state index contributed by atoms with van der Waals surface area (Å²) in [5, 5.41) is 0. The summed E-state index contributed by atoms with van der Waals surface area (Å²) in [4.78, 5) is 11.8. The number of halogens is 2. The van der Waals surface area contributed by atoms with Gasteiger partial charge in [-0.25, -0.2) is 0 Å². The van der Waals surface area contributed by atoms with Gasteiger partial charge in [-0.3, -0.25) is 4.79 Å². The molecule has 19 heavy (non-hydrogen) atoms. The second-order valence-electron chi connectivity index (χ2n) is 4.30. The summed E-state index contributed by atoms with van der Waals surface area (Å²) in [6, 6.07) is 15.8. The molecule has 2 aromatic carbocycles. The Hall–Kier alpha value is -1.12. The molecule has 1 nitrogen and oxygen atoms in total. The second-order valence-corrected chi connectivity index (χ2v) is 5.59. The highest BCUT2D eigenvalue weighted by molar-refractivity contribution is 9.10. The molecule has 0 aliphatic heterocycles. The van der Waals surface area contributed by atoms with Crippen molar-refractivity contribution in [3.05, 3.63) is 58.6 Å². The van der Waals surface area contributed by atoms with E-state index in [0.717, 1.165) is 27.6 Å². The summed E-state index contributed by atoms with van der Waals surface area (Å²) in [5.41, 5.74) is 3.01. The molecule has 0 saturated heterocycles. The molecule has 0 spiro atoms. The van der Waals surface area contributed by atoms with Crippen LogP contribution < -0.4 is 0 Å². The Bertz CT molecular complexity index is 546. The summed E-state index contributed by atoms with van der Waals surface area (Å²) < 4.78 is 1.06. The Labute approximate surface area is 126 Å². The van der Waals surface area contributed by atoms with Gasteiger partial charge >= 0.3 is 0 Å². The molecule has 98 valence electrons. The van der Waals surface area contributed by atoms with Gasteiger partial charge in [-0.15, -0.1) is 11.6 Å². The van der Waals surface area contributed by atoms with E-state index < -0.39 is 0 Å². The van der Waals surface area contributed by atoms with Crippen molar-refractivity contribution in [1.29, 1.82) is 0 Å². The highest BCUT2D eigenvalue weighted by Gasteiger charge is 2.05. The molecule has 0 bridgehead atoms. The van der Waals surface area contributed by atoms with Gasteiger partial charge in [0.1, 0.15) is 0 Å². The molecule has 0 unspecified atom stereocenters. The summed E-state index contributed by atoms with van der Waals surface area (Å²) in [6.45, 7) is 0. The number of carbonyl (C=O) groups excluding carboxylic acids is 1. The predicted octanol–water partition coefficient (Wildman–Crippen LogP) is 5.32. The number of hydrogen-bond acceptors (Lipinski definition) is 1. The molecule has 2 rings (SSSR count). The Morgan fingerprint density at radius 2 is 1.47 bits per heavy atom. The lowest BCUT2D eigenvalue weighted by molar-refractivity contribution is 0.0982. The number of benzene rings is 2. The molecule has 0 N–H and O–H groups in total. The molecule has 0 amide bonds. The number of rotatable bonds is 5. The lowest BCUT2D eigenvalue weighted by atomic mass is 10.0. The third-order valence-electron chi connectivity index (χ3n) is 2.92. The minimum absolute atomic E-state index is 0.156. The smallest absolute Gasteiger partial charge is 0.162 e. The van der Waals surface area contributed by atoms with E-state index in [1.165, 1.54) is 0 Å². The van der Waals surface area contributed by atoms with Crippen LogP contribution in [0.3, 0.4) is 0 Å². The largest absolute Gasteiger partial charge is 0.294 e. The first-order chi connectivity index (χ1) is 9.20. The van der Waals surface area contributed by atoms with Crippen molar-refractivity contribution < 1.29 is 4.79 Å². The molecule has 2 aromatic rings. The summed E-state index contributed by atoms with van der Waals surface area (Å²) in [6.07, 6.45) is 1.25. The van der Waals surface area contributed by atoms with E-state index in [1.807, 2.05) is 36.4 Å². The van der Waals surface area contributed by atoms with Gasteiger partial charge in [0.05, 0.1) is 0 Å². The molecule has 0 radical (unpaired) electrons. The standard InChI is InChI=1S/C16H14BrClO/c17-15-9-7-13(8-10-15)12-3-5-14(6-4-12)16(19)2-1-11-18/h3-10H,1-2,11H2. The number of hydrogen-bond donors (Lipinski definition) is 0. The molecule has 0 atom stereocenters. The fourth-order valence-corrected chi connectivity index (χ4v) is 2.26. The maximum Gasteiger partial charge on any atom is 0.162 e. The molecule has 0 aliphatic rings. The van der Waals surface area contributed by atoms with Crippen molar-refractivity contribution in [2.75, 3.05) is 5.88 Å². The quantitative estimate of drug-likeness (QED) is 0.533. The molecule has 0 fully saturated rings. The van der Waals surface area contributed by atoms with Crippen LogP contribution in [0.5, 0.6) is 0 Å². The molecule has 0 aliphatic carbocycles. The summed E-state index contributed by atoms with van der Waals surface area (Å²) in [5.74, 6) is 0.686. The van der Waals surface area contributed by atoms with Crippen LogP contribution in [0.15, 0.2) is 53.0 Å². The average molecular weight is 338 g/mol. The van der Waals surface area contributed by atoms with E-state index >= 15 is 0 Å². The Balaban J connectivity index is 2.14. The fourth-order valence-electron chi connectivity index (χ4n) is 1.86. The lowest BCUT2D eigenvalue weighted by Crippen LogP contribution is -1.98. The SMILES string of the molecule is O=C(CCCCl)c1ccc(-c2ccc(Br)cc2)cc1. The first-order valence-electron chi connectivity index (χ1n) is 6.16. The number of carbonyl (C=O) groups is 1. The van der Waals surface area contributed by atoms with Crippen molar-refractivity contribution in [3.63, 3.8) is 0 Å². The fraction of sp³-hybridized carbons (Fsp3) is 0.188. The van der Waals surface area contributed by atoms with E-state index in [4.69, 9.17) is 11.6 Å². The Morgan fingerprint density at radius 1 is 0.947 bits per heavy atom. The van der Waals surface area contributed by atoms with Crippen LogP contribution in [0.2, 0.25) is 0 Å². The van der Waals surface area contributed by atoms with Crippen LogP contribution in [0.25, 0.3) is 11.1 Å². The predicted molar refractivity (Wildman–Crippen MR) is 83.9 cm³/mol. The van der Waals surface area contributed by atoms with Gasteiger partial charge in [0.15, 0.2) is 5.78 Å². The zero-order valence-corrected chi connectivity index (χ0v) is 12.7. The van der Waals surface area contributed by atoms with Gasteiger partial charge in [-0.2, -0.15) is 0 Å². The normalized spacial score (nSPS) is 10.4. The van der Waals surface area contributed by atoms with Crippen LogP contribution in [0.4, 0.5) is 0 Å². The van der Waals surface area contributed by atoms with Crippen molar-refractivity contribution in [2.45, 2.75) is 12.8 Å². The molecule has 0 saturated carbocycles. The Morgan fingerprint density at radius 3 is 2.00 bits per heavy atom. The minimum atomic E-state index is 0.156. The molecule has 0 aromatic heterocycles. The monoisotopic (exact) mass is 336 g/mol. The maximum absolute atomic E-state index is 11.8. The first-order valence-corrected chi connectivity index (χ1v) is 7.48. The van der Waals surface area contributed by atoms with Crippen LogP contribution >= 0.6 is 27.5 Å². The van der Waals surface area contributed by atoms with Crippen molar-refractivity contribution >= 4 is 33.3 Å². The molecule has 0 heterocycles. The number of alkyl halides is 1. The zero-order valence-electron chi connectivity index (χ0n) is 10.4. The van der Waals surface area contributed by atoms with Gasteiger partial charge < -0.3 is 0 Å². The zero-order chi connectivity index (χ0) is 13.7. The first kappa shape index (κ1) is 14.3. The second kappa shape index (κ2) is 6.88. The summed E-state index contributed by atoms with van der Waals surface area (Å²) >= 11 is 9.01. The minimum Gasteiger partial charge on any atom is -0.294 e. The van der Waals surface area contributed by atoms with E-state index in [2.05, 4.69) is 28.1 Å². The van der Waals surface area contributed by atoms with Crippen molar-refractivity contribution in [1.82, 2.24) is 0 Å². The topological polar surface area (TPSA) is 17.1 Å². The lowest BCUT2D eigenvalue weighted by Gasteiger charge is -2.04. The van der Waals surface area contributed by atoms with E-state index in [1.54, 1.807) is 0 Å². The van der Waals surface area contributed by atoms with Crippen LogP contribution in [-0.2, 0) is 0 Å². The van der Waals surface area contributed by atoms with Crippen molar-refractivity contribution in [3.8, 4) is 11.1 Å². The van der Waals surface area contributed by atoms with Gasteiger partial charge in [0, 0.05) is 22.3 Å². The van der Waals surface area contributed by atoms with Crippen LogP contribution in [-0.4, -0.2) is 11.7 Å². The van der Waals surface area contributed by atoms with Gasteiger partial charge in [0.25, 0.3) is 0 Å². The maximum atomic E-state index is 11.8. The number of ketones is 1. The highest BCUT2D eigenvalue weighted by Crippen LogP contribution is 2.22. The summed E-state index contributed by atoms with van der Waals surface area (Å²) in [7, 11) is 0.